The Kier molecular flexibility index (Phi) is 5.72. The third-order valence-corrected chi connectivity index (χ3v) is 11.8. The van der Waals surface area contributed by atoms with Gasteiger partial charge in [0.25, 0.3) is 0 Å². The molecule has 0 unspecified atom stereocenters. The Hall–Kier alpha value is -0.950. The van der Waals surface area contributed by atoms with Crippen LogP contribution in [0.15, 0.2) is 11.6 Å². The molecule has 0 amide bonds. The topological polar surface area (TPSA) is 79.2 Å². The minimum Gasteiger partial charge on any atom is -0.458 e. The van der Waals surface area contributed by atoms with E-state index in [9.17, 15) is 15.0 Å². The van der Waals surface area contributed by atoms with Gasteiger partial charge in [0.15, 0.2) is 0 Å². The van der Waals surface area contributed by atoms with Gasteiger partial charge in [0.2, 0.25) is 0 Å². The molecule has 0 aromatic heterocycles. The van der Waals surface area contributed by atoms with Gasteiger partial charge < -0.3 is 19.7 Å². The Morgan fingerprint density at radius 3 is 2.71 bits per heavy atom. The van der Waals surface area contributed by atoms with Crippen LogP contribution in [0.1, 0.15) is 71.6 Å². The standard InChI is InChI=1S/C28H43NO5/c1-26-8-5-20(29-11-12-33-21(15-29)16-30)14-19(26)3-4-24-23(26)6-9-27(2)22(7-10-28(24,27)32)18-13-25(31)34-17-18/h13,19-24,30,32H,3-12,14-17H2,1-2H3/t19-,20+,21-,22-,23+,24-,26+,27-,28+/m1/s1. The number of esters is 1. The van der Waals surface area contributed by atoms with Crippen molar-refractivity contribution in [2.75, 3.05) is 32.9 Å². The third kappa shape index (κ3) is 3.31. The minimum absolute atomic E-state index is 0.0333. The molecule has 5 fully saturated rings. The van der Waals surface area contributed by atoms with Crippen LogP contribution >= 0.6 is 0 Å². The molecule has 0 spiro atoms. The average Bonchev–Trinajstić information content (AvgIpc) is 3.38. The van der Waals surface area contributed by atoms with Gasteiger partial charge in [-0.3, -0.25) is 4.90 Å². The maximum atomic E-state index is 12.4. The summed E-state index contributed by atoms with van der Waals surface area (Å²) in [5, 5.41) is 22.0. The van der Waals surface area contributed by atoms with Crippen molar-refractivity contribution in [2.24, 2.45) is 34.5 Å². The number of carbonyl (C=O) groups excluding carboxylic acids is 1. The molecule has 9 atom stereocenters. The number of morpholine rings is 1. The Labute approximate surface area is 204 Å². The normalized spacial score (nSPS) is 51.3. The Bertz CT molecular complexity index is 860. The zero-order valence-electron chi connectivity index (χ0n) is 21.0. The van der Waals surface area contributed by atoms with Gasteiger partial charge in [-0.15, -0.1) is 0 Å². The lowest BCUT2D eigenvalue weighted by molar-refractivity contribution is -0.207. The summed E-state index contributed by atoms with van der Waals surface area (Å²) >= 11 is 0. The third-order valence-electron chi connectivity index (χ3n) is 11.8. The van der Waals surface area contributed by atoms with Crippen LogP contribution in [-0.4, -0.2) is 71.7 Å². The first-order valence-corrected chi connectivity index (χ1v) is 13.8. The van der Waals surface area contributed by atoms with E-state index >= 15 is 0 Å². The number of aliphatic hydroxyl groups is 2. The van der Waals surface area contributed by atoms with Gasteiger partial charge in [-0.25, -0.2) is 4.79 Å². The Morgan fingerprint density at radius 2 is 1.94 bits per heavy atom. The van der Waals surface area contributed by atoms with E-state index in [-0.39, 0.29) is 30.0 Å². The quantitative estimate of drug-likeness (QED) is 0.613. The van der Waals surface area contributed by atoms with Crippen LogP contribution in [0.4, 0.5) is 0 Å². The van der Waals surface area contributed by atoms with Gasteiger partial charge >= 0.3 is 5.97 Å². The molecule has 6 aliphatic rings. The molecule has 4 aliphatic carbocycles. The highest BCUT2D eigenvalue weighted by Crippen LogP contribution is 2.70. The fourth-order valence-corrected chi connectivity index (χ4v) is 9.90. The van der Waals surface area contributed by atoms with Crippen LogP contribution in [-0.2, 0) is 14.3 Å². The molecule has 6 heteroatoms. The predicted octanol–water partition coefficient (Wildman–Crippen LogP) is 3.31. The number of hydrogen-bond acceptors (Lipinski definition) is 6. The SMILES string of the molecule is C[C@]12CC[C@H](N3CCO[C@@H](CO)C3)C[C@H]1CC[C@@H]1[C@@H]2CC[C@]2(C)[C@@H](C3=CC(=O)OC3)CC[C@]12O. The van der Waals surface area contributed by atoms with Crippen molar-refractivity contribution < 1.29 is 24.5 Å². The van der Waals surface area contributed by atoms with Gasteiger partial charge in [-0.2, -0.15) is 0 Å². The molecule has 0 aromatic carbocycles. The molecule has 0 radical (unpaired) electrons. The fourth-order valence-electron chi connectivity index (χ4n) is 9.90. The minimum atomic E-state index is -0.629. The van der Waals surface area contributed by atoms with E-state index in [0.29, 0.717) is 29.9 Å². The molecule has 34 heavy (non-hydrogen) atoms. The zero-order chi connectivity index (χ0) is 23.7. The number of ether oxygens (including phenoxy) is 2. The summed E-state index contributed by atoms with van der Waals surface area (Å²) in [5.74, 6) is 1.74. The fraction of sp³-hybridized carbons (Fsp3) is 0.893. The lowest BCUT2D eigenvalue weighted by atomic mass is 9.43. The van der Waals surface area contributed by atoms with Gasteiger partial charge in [0.05, 0.1) is 24.9 Å². The number of rotatable bonds is 3. The maximum absolute atomic E-state index is 12.4. The van der Waals surface area contributed by atoms with E-state index in [1.807, 2.05) is 0 Å². The molecule has 2 heterocycles. The van der Waals surface area contributed by atoms with E-state index in [4.69, 9.17) is 9.47 Å². The molecular weight excluding hydrogens is 430 g/mol. The lowest BCUT2D eigenvalue weighted by Crippen LogP contribution is -2.63. The van der Waals surface area contributed by atoms with Crippen LogP contribution in [0, 0.1) is 34.5 Å². The summed E-state index contributed by atoms with van der Waals surface area (Å²) < 4.78 is 11.0. The second-order valence-electron chi connectivity index (χ2n) is 12.9. The van der Waals surface area contributed by atoms with Crippen molar-refractivity contribution in [1.82, 2.24) is 4.90 Å². The summed E-state index contributed by atoms with van der Waals surface area (Å²) in [4.78, 5) is 14.4. The first kappa shape index (κ1) is 23.4. The first-order chi connectivity index (χ1) is 16.3. The molecule has 6 rings (SSSR count). The van der Waals surface area contributed by atoms with Gasteiger partial charge in [0.1, 0.15) is 6.61 Å². The predicted molar refractivity (Wildman–Crippen MR) is 128 cm³/mol. The van der Waals surface area contributed by atoms with E-state index in [0.717, 1.165) is 56.9 Å². The van der Waals surface area contributed by atoms with E-state index in [2.05, 4.69) is 18.7 Å². The van der Waals surface area contributed by atoms with E-state index < -0.39 is 5.60 Å². The molecule has 0 bridgehead atoms. The van der Waals surface area contributed by atoms with Crippen molar-refractivity contribution in [2.45, 2.75) is 89.4 Å². The van der Waals surface area contributed by atoms with Crippen molar-refractivity contribution in [1.29, 1.82) is 0 Å². The first-order valence-electron chi connectivity index (χ1n) is 13.8. The number of cyclic esters (lactones) is 1. The zero-order valence-corrected chi connectivity index (χ0v) is 21.0. The number of nitrogens with zero attached hydrogens (tertiary/aromatic N) is 1. The molecule has 190 valence electrons. The highest BCUT2D eigenvalue weighted by molar-refractivity contribution is 5.85. The molecule has 0 aromatic rings. The number of carbonyl (C=O) groups is 1. The summed E-state index contributed by atoms with van der Waals surface area (Å²) in [7, 11) is 0. The molecule has 2 N–H and O–H groups in total. The highest BCUT2D eigenvalue weighted by Gasteiger charge is 2.67. The van der Waals surface area contributed by atoms with Crippen LogP contribution in [0.3, 0.4) is 0 Å². The number of fused-ring (bicyclic) bond motifs is 5. The summed E-state index contributed by atoms with van der Waals surface area (Å²) in [6.45, 7) is 7.97. The van der Waals surface area contributed by atoms with E-state index in [1.165, 1.54) is 32.1 Å². The van der Waals surface area contributed by atoms with Gasteiger partial charge in [-0.1, -0.05) is 13.8 Å². The van der Waals surface area contributed by atoms with Crippen LogP contribution in [0.25, 0.3) is 0 Å². The summed E-state index contributed by atoms with van der Waals surface area (Å²) in [6.07, 6.45) is 11.8. The molecule has 1 saturated heterocycles. The molecular formula is C28H43NO5. The summed E-state index contributed by atoms with van der Waals surface area (Å²) in [5.41, 5.74) is 0.648. The smallest absolute Gasteiger partial charge is 0.331 e. The molecule has 2 aliphatic heterocycles. The van der Waals surface area contributed by atoms with Crippen molar-refractivity contribution in [3.05, 3.63) is 11.6 Å². The highest BCUT2D eigenvalue weighted by atomic mass is 16.5. The second kappa shape index (κ2) is 8.29. The van der Waals surface area contributed by atoms with Crippen LogP contribution in [0.2, 0.25) is 0 Å². The Morgan fingerprint density at radius 1 is 1.09 bits per heavy atom. The molecule has 4 saturated carbocycles. The maximum Gasteiger partial charge on any atom is 0.331 e. The number of aliphatic hydroxyl groups excluding tert-OH is 1. The van der Waals surface area contributed by atoms with E-state index in [1.54, 1.807) is 6.08 Å². The largest absolute Gasteiger partial charge is 0.458 e. The van der Waals surface area contributed by atoms with Crippen LogP contribution < -0.4 is 0 Å². The Balaban J connectivity index is 1.20. The van der Waals surface area contributed by atoms with Gasteiger partial charge in [-0.05, 0) is 92.4 Å². The lowest BCUT2D eigenvalue weighted by Gasteiger charge is -2.64. The summed E-state index contributed by atoms with van der Waals surface area (Å²) in [6, 6.07) is 0.604. The average molecular weight is 474 g/mol. The second-order valence-corrected chi connectivity index (χ2v) is 12.9. The van der Waals surface area contributed by atoms with Gasteiger partial charge in [0, 0.05) is 30.6 Å². The van der Waals surface area contributed by atoms with Crippen molar-refractivity contribution in [3.63, 3.8) is 0 Å². The van der Waals surface area contributed by atoms with Crippen molar-refractivity contribution in [3.8, 4) is 0 Å². The monoisotopic (exact) mass is 473 g/mol. The number of hydrogen-bond donors (Lipinski definition) is 2. The molecule has 6 nitrogen and oxygen atoms in total. The van der Waals surface area contributed by atoms with Crippen LogP contribution in [0.5, 0.6) is 0 Å². The van der Waals surface area contributed by atoms with Crippen molar-refractivity contribution >= 4 is 5.97 Å².